The molecule has 1 heterocycles. The molecule has 2 unspecified atom stereocenters. The quantitative estimate of drug-likeness (QED) is 0.743. The predicted octanol–water partition coefficient (Wildman–Crippen LogP) is -0.274. The first-order chi connectivity index (χ1) is 7.08. The first-order valence-electron chi connectivity index (χ1n) is 5.06. The molecule has 1 aliphatic rings. The van der Waals surface area contributed by atoms with Crippen LogP contribution in [0.3, 0.4) is 0 Å². The summed E-state index contributed by atoms with van der Waals surface area (Å²) >= 11 is 0. The van der Waals surface area contributed by atoms with Crippen molar-refractivity contribution in [3.63, 3.8) is 0 Å². The lowest BCUT2D eigenvalue weighted by atomic mass is 10.3. The number of aryl methyl sites for hydroxylation is 1. The molecule has 0 aliphatic heterocycles. The molecule has 2 N–H and O–H groups in total. The van der Waals surface area contributed by atoms with E-state index in [0.717, 1.165) is 12.0 Å². The molecular weight excluding hydrogens is 192 g/mol. The Morgan fingerprint density at radius 3 is 2.93 bits per heavy atom. The van der Waals surface area contributed by atoms with E-state index in [2.05, 4.69) is 5.10 Å². The smallest absolute Gasteiger partial charge is 0.227 e. The zero-order valence-electron chi connectivity index (χ0n) is 9.05. The van der Waals surface area contributed by atoms with Crippen molar-refractivity contribution in [2.24, 2.45) is 18.7 Å². The minimum atomic E-state index is 0.0478. The summed E-state index contributed by atoms with van der Waals surface area (Å²) in [5.41, 5.74) is 6.68. The highest BCUT2D eigenvalue weighted by Crippen LogP contribution is 2.29. The van der Waals surface area contributed by atoms with E-state index in [4.69, 9.17) is 5.73 Å². The van der Waals surface area contributed by atoms with Gasteiger partial charge < -0.3 is 10.6 Å². The average Bonchev–Trinajstić information content (AvgIpc) is 2.77. The number of rotatable bonds is 3. The third kappa shape index (κ3) is 2.18. The van der Waals surface area contributed by atoms with Crippen molar-refractivity contribution >= 4 is 5.91 Å². The Morgan fingerprint density at radius 1 is 1.80 bits per heavy atom. The molecule has 1 aromatic heterocycles. The van der Waals surface area contributed by atoms with Crippen molar-refractivity contribution in [2.75, 3.05) is 7.05 Å². The van der Waals surface area contributed by atoms with Crippen LogP contribution < -0.4 is 5.73 Å². The number of amides is 1. The Bertz CT molecular complexity index is 373. The largest absolute Gasteiger partial charge is 0.341 e. The van der Waals surface area contributed by atoms with E-state index in [-0.39, 0.29) is 17.9 Å². The van der Waals surface area contributed by atoms with Crippen LogP contribution >= 0.6 is 0 Å². The second-order valence-electron chi connectivity index (χ2n) is 4.22. The molecule has 1 aliphatic carbocycles. The highest BCUT2D eigenvalue weighted by atomic mass is 16.2. The van der Waals surface area contributed by atoms with Crippen LogP contribution in [-0.4, -0.2) is 33.7 Å². The average molecular weight is 208 g/mol. The molecule has 1 saturated carbocycles. The molecule has 1 fully saturated rings. The monoisotopic (exact) mass is 208 g/mol. The third-order valence-electron chi connectivity index (χ3n) is 2.71. The normalized spacial score (nSPS) is 23.9. The van der Waals surface area contributed by atoms with E-state index in [0.29, 0.717) is 6.54 Å². The summed E-state index contributed by atoms with van der Waals surface area (Å²) in [4.78, 5) is 13.5. The first-order valence-corrected chi connectivity index (χ1v) is 5.06. The van der Waals surface area contributed by atoms with Crippen LogP contribution in [0.2, 0.25) is 0 Å². The van der Waals surface area contributed by atoms with Gasteiger partial charge >= 0.3 is 0 Å². The van der Waals surface area contributed by atoms with E-state index in [1.807, 2.05) is 13.2 Å². The van der Waals surface area contributed by atoms with Crippen molar-refractivity contribution < 1.29 is 4.79 Å². The van der Waals surface area contributed by atoms with Gasteiger partial charge in [-0.3, -0.25) is 9.48 Å². The molecule has 15 heavy (non-hydrogen) atoms. The Labute approximate surface area is 88.8 Å². The van der Waals surface area contributed by atoms with E-state index in [1.165, 1.54) is 0 Å². The summed E-state index contributed by atoms with van der Waals surface area (Å²) in [5, 5.41) is 4.06. The second-order valence-corrected chi connectivity index (χ2v) is 4.22. The zero-order chi connectivity index (χ0) is 11.0. The lowest BCUT2D eigenvalue weighted by Gasteiger charge is -2.15. The maximum absolute atomic E-state index is 11.7. The van der Waals surface area contributed by atoms with Crippen LogP contribution in [0.25, 0.3) is 0 Å². The van der Waals surface area contributed by atoms with Crippen molar-refractivity contribution in [3.05, 3.63) is 18.0 Å². The number of nitrogens with two attached hydrogens (primary N) is 1. The fraction of sp³-hybridized carbons (Fsp3) is 0.600. The predicted molar refractivity (Wildman–Crippen MR) is 55.8 cm³/mol. The summed E-state index contributed by atoms with van der Waals surface area (Å²) < 4.78 is 1.73. The van der Waals surface area contributed by atoms with Gasteiger partial charge in [-0.15, -0.1) is 0 Å². The molecular formula is C10H16N4O. The van der Waals surface area contributed by atoms with Crippen molar-refractivity contribution in [1.29, 1.82) is 0 Å². The van der Waals surface area contributed by atoms with Crippen molar-refractivity contribution in [1.82, 2.24) is 14.7 Å². The topological polar surface area (TPSA) is 64.2 Å². The van der Waals surface area contributed by atoms with Crippen LogP contribution in [-0.2, 0) is 18.4 Å². The summed E-state index contributed by atoms with van der Waals surface area (Å²) in [7, 11) is 3.67. The van der Waals surface area contributed by atoms with Gasteiger partial charge in [-0.2, -0.15) is 5.10 Å². The summed E-state index contributed by atoms with van der Waals surface area (Å²) in [6, 6.07) is 0.0776. The van der Waals surface area contributed by atoms with Gasteiger partial charge in [0.1, 0.15) is 0 Å². The van der Waals surface area contributed by atoms with Crippen molar-refractivity contribution in [3.8, 4) is 0 Å². The number of carbonyl (C=O) groups is 1. The van der Waals surface area contributed by atoms with Gasteiger partial charge in [-0.25, -0.2) is 0 Å². The second kappa shape index (κ2) is 3.66. The van der Waals surface area contributed by atoms with E-state index in [9.17, 15) is 4.79 Å². The molecule has 82 valence electrons. The molecule has 0 radical (unpaired) electrons. The highest BCUT2D eigenvalue weighted by molar-refractivity contribution is 5.82. The van der Waals surface area contributed by atoms with Crippen LogP contribution in [0.1, 0.15) is 12.0 Å². The zero-order valence-corrected chi connectivity index (χ0v) is 9.05. The standard InChI is InChI=1S/C10H16N4O/c1-13(10(15)8-3-9(8)11)5-7-4-12-14(2)6-7/h4,6,8-9H,3,5,11H2,1-2H3. The molecule has 0 bridgehead atoms. The molecule has 5 heteroatoms. The van der Waals surface area contributed by atoms with E-state index in [1.54, 1.807) is 22.8 Å². The minimum Gasteiger partial charge on any atom is -0.341 e. The lowest BCUT2D eigenvalue weighted by molar-refractivity contribution is -0.131. The van der Waals surface area contributed by atoms with Crippen LogP contribution in [0.4, 0.5) is 0 Å². The molecule has 0 aromatic carbocycles. The first kappa shape index (κ1) is 10.2. The van der Waals surface area contributed by atoms with Gasteiger partial charge in [0.25, 0.3) is 0 Å². The fourth-order valence-electron chi connectivity index (χ4n) is 1.69. The maximum Gasteiger partial charge on any atom is 0.227 e. The maximum atomic E-state index is 11.7. The van der Waals surface area contributed by atoms with Crippen molar-refractivity contribution in [2.45, 2.75) is 19.0 Å². The minimum absolute atomic E-state index is 0.0478. The fourth-order valence-corrected chi connectivity index (χ4v) is 1.69. The number of aromatic nitrogens is 2. The molecule has 1 aromatic rings. The van der Waals surface area contributed by atoms with Gasteiger partial charge in [0, 0.05) is 38.4 Å². The number of nitrogens with zero attached hydrogens (tertiary/aromatic N) is 3. The Balaban J connectivity index is 1.92. The SMILES string of the molecule is CN(Cc1cnn(C)c1)C(=O)C1CC1N. The summed E-state index contributed by atoms with van der Waals surface area (Å²) in [6.45, 7) is 0.607. The van der Waals surface area contributed by atoms with E-state index < -0.39 is 0 Å². The van der Waals surface area contributed by atoms with E-state index >= 15 is 0 Å². The lowest BCUT2D eigenvalue weighted by Crippen LogP contribution is -2.29. The number of hydrogen-bond donors (Lipinski definition) is 1. The molecule has 2 atom stereocenters. The Morgan fingerprint density at radius 2 is 2.47 bits per heavy atom. The van der Waals surface area contributed by atoms with Gasteiger partial charge in [-0.1, -0.05) is 0 Å². The number of carbonyl (C=O) groups excluding carboxylic acids is 1. The van der Waals surface area contributed by atoms with Gasteiger partial charge in [0.05, 0.1) is 12.1 Å². The third-order valence-corrected chi connectivity index (χ3v) is 2.71. The van der Waals surface area contributed by atoms with Crippen LogP contribution in [0, 0.1) is 5.92 Å². The molecule has 1 amide bonds. The molecule has 0 spiro atoms. The molecule has 2 rings (SSSR count). The highest BCUT2D eigenvalue weighted by Gasteiger charge is 2.41. The van der Waals surface area contributed by atoms with Gasteiger partial charge in [0.15, 0.2) is 0 Å². The Kier molecular flexibility index (Phi) is 2.48. The van der Waals surface area contributed by atoms with Gasteiger partial charge in [-0.05, 0) is 6.42 Å². The summed E-state index contributed by atoms with van der Waals surface area (Å²) in [6.07, 6.45) is 4.52. The number of hydrogen-bond acceptors (Lipinski definition) is 3. The molecule has 0 saturated heterocycles. The van der Waals surface area contributed by atoms with Crippen LogP contribution in [0.15, 0.2) is 12.4 Å². The Hall–Kier alpha value is -1.36. The molecule has 5 nitrogen and oxygen atoms in total. The summed E-state index contributed by atoms with van der Waals surface area (Å²) in [5.74, 6) is 0.193. The van der Waals surface area contributed by atoms with Gasteiger partial charge in [0.2, 0.25) is 5.91 Å². The van der Waals surface area contributed by atoms with Crippen LogP contribution in [0.5, 0.6) is 0 Å².